The zero-order valence-corrected chi connectivity index (χ0v) is 11.9. The third-order valence-electron chi connectivity index (χ3n) is 3.73. The number of para-hydroxylation sites is 1. The Balaban J connectivity index is 2.01. The molecule has 0 unspecified atom stereocenters. The fraction of sp³-hybridized carbons (Fsp3) is 0.0588. The molecule has 0 saturated carbocycles. The maximum absolute atomic E-state index is 3.70. The zero-order chi connectivity index (χ0) is 12.8. The van der Waals surface area contributed by atoms with Crippen molar-refractivity contribution in [2.75, 3.05) is 0 Å². The summed E-state index contributed by atoms with van der Waals surface area (Å²) in [7, 11) is 0. The van der Waals surface area contributed by atoms with Crippen molar-refractivity contribution in [3.63, 3.8) is 0 Å². The standard InChI is InChI=1S/C17H12BrN/c18-16-11-19(13-7-2-1-3-8-13)17-14-9-5-4-6-12(14)10-15(16)17/h1-9,11H,10H2. The molecule has 3 aromatic rings. The number of fused-ring (bicyclic) bond motifs is 3. The molecule has 0 atom stereocenters. The number of benzene rings is 2. The first-order chi connectivity index (χ1) is 9.34. The number of rotatable bonds is 1. The van der Waals surface area contributed by atoms with Crippen LogP contribution >= 0.6 is 15.9 Å². The normalized spacial score (nSPS) is 12.3. The zero-order valence-electron chi connectivity index (χ0n) is 10.3. The van der Waals surface area contributed by atoms with E-state index in [1.54, 1.807) is 0 Å². The summed E-state index contributed by atoms with van der Waals surface area (Å²) in [5, 5.41) is 0. The van der Waals surface area contributed by atoms with Gasteiger partial charge in [0.2, 0.25) is 0 Å². The number of aromatic nitrogens is 1. The molecular weight excluding hydrogens is 298 g/mol. The minimum atomic E-state index is 1.02. The van der Waals surface area contributed by atoms with E-state index in [0.717, 1.165) is 6.42 Å². The molecule has 0 bridgehead atoms. The Hall–Kier alpha value is -1.80. The van der Waals surface area contributed by atoms with E-state index in [1.165, 1.54) is 32.5 Å². The van der Waals surface area contributed by atoms with Crippen LogP contribution in [0.15, 0.2) is 65.3 Å². The summed E-state index contributed by atoms with van der Waals surface area (Å²) in [5.41, 5.74) is 6.70. The maximum Gasteiger partial charge on any atom is 0.0578 e. The van der Waals surface area contributed by atoms with Crippen LogP contribution in [0.25, 0.3) is 16.9 Å². The molecule has 0 spiro atoms. The number of hydrogen-bond acceptors (Lipinski definition) is 0. The first-order valence-corrected chi connectivity index (χ1v) is 7.17. The molecule has 1 aliphatic carbocycles. The van der Waals surface area contributed by atoms with Gasteiger partial charge in [0.15, 0.2) is 0 Å². The lowest BCUT2D eigenvalue weighted by Crippen LogP contribution is -1.94. The Labute approximate surface area is 120 Å². The molecule has 0 amide bonds. The van der Waals surface area contributed by atoms with E-state index < -0.39 is 0 Å². The molecule has 2 aromatic carbocycles. The SMILES string of the molecule is Brc1cn(-c2ccccc2)c2c1Cc1ccccc1-2. The minimum absolute atomic E-state index is 1.02. The first kappa shape index (κ1) is 11.1. The monoisotopic (exact) mass is 309 g/mol. The molecular formula is C17H12BrN. The van der Waals surface area contributed by atoms with Gasteiger partial charge in [-0.15, -0.1) is 0 Å². The number of hydrogen-bond donors (Lipinski definition) is 0. The van der Waals surface area contributed by atoms with E-state index in [4.69, 9.17) is 0 Å². The predicted molar refractivity (Wildman–Crippen MR) is 81.7 cm³/mol. The van der Waals surface area contributed by atoms with Crippen LogP contribution < -0.4 is 0 Å². The van der Waals surface area contributed by atoms with Crippen molar-refractivity contribution in [3.05, 3.63) is 76.4 Å². The molecule has 4 rings (SSSR count). The van der Waals surface area contributed by atoms with Crippen LogP contribution in [-0.4, -0.2) is 4.57 Å². The van der Waals surface area contributed by atoms with Gasteiger partial charge in [-0.05, 0) is 39.2 Å². The van der Waals surface area contributed by atoms with E-state index in [2.05, 4.69) is 81.3 Å². The highest BCUT2D eigenvalue weighted by molar-refractivity contribution is 9.10. The van der Waals surface area contributed by atoms with Gasteiger partial charge < -0.3 is 4.57 Å². The van der Waals surface area contributed by atoms with E-state index >= 15 is 0 Å². The molecule has 1 aromatic heterocycles. The Morgan fingerprint density at radius 1 is 0.895 bits per heavy atom. The Morgan fingerprint density at radius 2 is 1.63 bits per heavy atom. The highest BCUT2D eigenvalue weighted by Gasteiger charge is 2.25. The molecule has 1 heterocycles. The Morgan fingerprint density at radius 3 is 2.47 bits per heavy atom. The molecule has 2 heteroatoms. The average Bonchev–Trinajstić information content (AvgIpc) is 2.98. The van der Waals surface area contributed by atoms with Gasteiger partial charge in [-0.3, -0.25) is 0 Å². The fourth-order valence-electron chi connectivity index (χ4n) is 2.86. The summed E-state index contributed by atoms with van der Waals surface area (Å²) in [6.07, 6.45) is 3.20. The van der Waals surface area contributed by atoms with E-state index in [-0.39, 0.29) is 0 Å². The van der Waals surface area contributed by atoms with E-state index in [1.807, 2.05) is 0 Å². The summed E-state index contributed by atoms with van der Waals surface area (Å²) >= 11 is 3.70. The van der Waals surface area contributed by atoms with Crippen LogP contribution in [0.5, 0.6) is 0 Å². The molecule has 0 saturated heterocycles. The topological polar surface area (TPSA) is 4.93 Å². The van der Waals surface area contributed by atoms with Crippen LogP contribution in [0.4, 0.5) is 0 Å². The number of halogens is 1. The highest BCUT2D eigenvalue weighted by atomic mass is 79.9. The van der Waals surface area contributed by atoms with Gasteiger partial charge in [0.25, 0.3) is 0 Å². The highest BCUT2D eigenvalue weighted by Crippen LogP contribution is 2.42. The molecule has 1 nitrogen and oxygen atoms in total. The van der Waals surface area contributed by atoms with E-state index in [9.17, 15) is 0 Å². The van der Waals surface area contributed by atoms with Crippen molar-refractivity contribution in [3.8, 4) is 16.9 Å². The quantitative estimate of drug-likeness (QED) is 0.475. The van der Waals surface area contributed by atoms with Crippen molar-refractivity contribution < 1.29 is 0 Å². The van der Waals surface area contributed by atoms with Crippen molar-refractivity contribution in [2.24, 2.45) is 0 Å². The second-order valence-electron chi connectivity index (χ2n) is 4.84. The van der Waals surface area contributed by atoms with Gasteiger partial charge >= 0.3 is 0 Å². The van der Waals surface area contributed by atoms with Crippen molar-refractivity contribution in [1.82, 2.24) is 4.57 Å². The van der Waals surface area contributed by atoms with Gasteiger partial charge in [-0.25, -0.2) is 0 Å². The molecule has 0 fully saturated rings. The second kappa shape index (κ2) is 4.10. The first-order valence-electron chi connectivity index (χ1n) is 6.38. The third-order valence-corrected chi connectivity index (χ3v) is 4.41. The Bertz CT molecular complexity index is 756. The number of nitrogens with zero attached hydrogens (tertiary/aromatic N) is 1. The van der Waals surface area contributed by atoms with Gasteiger partial charge in [-0.1, -0.05) is 42.5 Å². The fourth-order valence-corrected chi connectivity index (χ4v) is 3.40. The molecule has 0 N–H and O–H groups in total. The largest absolute Gasteiger partial charge is 0.315 e. The van der Waals surface area contributed by atoms with Crippen molar-refractivity contribution in [2.45, 2.75) is 6.42 Å². The van der Waals surface area contributed by atoms with Crippen LogP contribution in [0.3, 0.4) is 0 Å². The predicted octanol–water partition coefficient (Wildman–Crippen LogP) is 4.81. The summed E-state index contributed by atoms with van der Waals surface area (Å²) in [5.74, 6) is 0. The minimum Gasteiger partial charge on any atom is -0.315 e. The van der Waals surface area contributed by atoms with Gasteiger partial charge in [0.1, 0.15) is 0 Å². The Kier molecular flexibility index (Phi) is 2.39. The van der Waals surface area contributed by atoms with Gasteiger partial charge in [0.05, 0.1) is 5.69 Å². The lowest BCUT2D eigenvalue weighted by molar-refractivity contribution is 1.09. The van der Waals surface area contributed by atoms with Crippen LogP contribution in [0.2, 0.25) is 0 Å². The summed E-state index contributed by atoms with van der Waals surface area (Å²) < 4.78 is 3.48. The lowest BCUT2D eigenvalue weighted by Gasteiger charge is -2.08. The smallest absolute Gasteiger partial charge is 0.0578 e. The van der Waals surface area contributed by atoms with E-state index in [0.29, 0.717) is 0 Å². The van der Waals surface area contributed by atoms with Crippen LogP contribution in [0.1, 0.15) is 11.1 Å². The summed E-state index contributed by atoms with van der Waals surface area (Å²) in [4.78, 5) is 0. The van der Waals surface area contributed by atoms with Crippen LogP contribution in [-0.2, 0) is 6.42 Å². The molecule has 0 aliphatic heterocycles. The summed E-state index contributed by atoms with van der Waals surface area (Å²) in [6.45, 7) is 0. The average molecular weight is 310 g/mol. The molecule has 1 aliphatic rings. The lowest BCUT2D eigenvalue weighted by atomic mass is 10.1. The third kappa shape index (κ3) is 1.60. The second-order valence-corrected chi connectivity index (χ2v) is 5.70. The van der Waals surface area contributed by atoms with Gasteiger partial charge in [-0.2, -0.15) is 0 Å². The van der Waals surface area contributed by atoms with Crippen LogP contribution in [0, 0.1) is 0 Å². The van der Waals surface area contributed by atoms with Crippen molar-refractivity contribution in [1.29, 1.82) is 0 Å². The van der Waals surface area contributed by atoms with Gasteiger partial charge in [0, 0.05) is 28.3 Å². The molecule has 19 heavy (non-hydrogen) atoms. The molecule has 92 valence electrons. The van der Waals surface area contributed by atoms with Crippen molar-refractivity contribution >= 4 is 15.9 Å². The maximum atomic E-state index is 3.70. The molecule has 0 radical (unpaired) electrons. The summed E-state index contributed by atoms with van der Waals surface area (Å²) in [6, 6.07) is 19.2.